The molecule has 0 bridgehead atoms. The van der Waals surface area contributed by atoms with Gasteiger partial charge in [0.05, 0.1) is 23.1 Å². The SMILES string of the molecule is O=C(O)Cc1sc2nc3ccccc3n2c1-c1ccc(F)cc1. The molecule has 23 heavy (non-hydrogen) atoms. The number of para-hydroxylation sites is 2. The molecule has 2 aromatic heterocycles. The van der Waals surface area contributed by atoms with Gasteiger partial charge in [-0.3, -0.25) is 9.20 Å². The van der Waals surface area contributed by atoms with E-state index < -0.39 is 5.97 Å². The lowest BCUT2D eigenvalue weighted by molar-refractivity contribution is -0.136. The first kappa shape index (κ1) is 13.9. The predicted molar refractivity (Wildman–Crippen MR) is 87.3 cm³/mol. The molecule has 0 aliphatic rings. The summed E-state index contributed by atoms with van der Waals surface area (Å²) in [5, 5.41) is 9.18. The third-order valence-corrected chi connectivity index (χ3v) is 4.70. The van der Waals surface area contributed by atoms with Gasteiger partial charge in [-0.2, -0.15) is 0 Å². The Labute approximate surface area is 134 Å². The molecule has 4 nitrogen and oxygen atoms in total. The summed E-state index contributed by atoms with van der Waals surface area (Å²) in [5.41, 5.74) is 3.30. The Hall–Kier alpha value is -2.73. The topological polar surface area (TPSA) is 54.6 Å². The van der Waals surface area contributed by atoms with E-state index in [0.717, 1.165) is 27.3 Å². The van der Waals surface area contributed by atoms with Crippen LogP contribution in [0.15, 0.2) is 48.5 Å². The van der Waals surface area contributed by atoms with E-state index in [1.807, 2.05) is 28.7 Å². The van der Waals surface area contributed by atoms with Crippen molar-refractivity contribution < 1.29 is 14.3 Å². The molecule has 0 amide bonds. The predicted octanol–water partition coefficient (Wildman–Crippen LogP) is 3.98. The van der Waals surface area contributed by atoms with E-state index in [0.29, 0.717) is 4.88 Å². The summed E-state index contributed by atoms with van der Waals surface area (Å²) in [4.78, 5) is 17.2. The van der Waals surface area contributed by atoms with E-state index in [9.17, 15) is 14.3 Å². The lowest BCUT2D eigenvalue weighted by Crippen LogP contribution is -2.00. The average molecular weight is 326 g/mol. The normalized spacial score (nSPS) is 11.3. The number of thiazole rings is 1. The molecule has 4 rings (SSSR count). The van der Waals surface area contributed by atoms with Gasteiger partial charge in [-0.15, -0.1) is 11.3 Å². The highest BCUT2D eigenvalue weighted by Crippen LogP contribution is 2.35. The highest BCUT2D eigenvalue weighted by Gasteiger charge is 2.19. The van der Waals surface area contributed by atoms with Gasteiger partial charge < -0.3 is 5.11 Å². The maximum Gasteiger partial charge on any atom is 0.308 e. The number of hydrogen-bond donors (Lipinski definition) is 1. The number of aliphatic carboxylic acids is 1. The van der Waals surface area contributed by atoms with E-state index in [-0.39, 0.29) is 12.2 Å². The minimum atomic E-state index is -0.901. The second kappa shape index (κ2) is 5.17. The first-order valence-electron chi connectivity index (χ1n) is 7.00. The molecular formula is C17H11FN2O2S. The van der Waals surface area contributed by atoms with Gasteiger partial charge in [-0.05, 0) is 42.0 Å². The highest BCUT2D eigenvalue weighted by atomic mass is 32.1. The molecule has 6 heteroatoms. The molecule has 1 N–H and O–H groups in total. The number of halogens is 1. The highest BCUT2D eigenvalue weighted by molar-refractivity contribution is 7.17. The van der Waals surface area contributed by atoms with Crippen molar-refractivity contribution in [3.8, 4) is 11.3 Å². The van der Waals surface area contributed by atoms with E-state index >= 15 is 0 Å². The summed E-state index contributed by atoms with van der Waals surface area (Å²) in [6.07, 6.45) is -0.0882. The maximum atomic E-state index is 13.2. The third kappa shape index (κ3) is 2.27. The number of carbonyl (C=O) groups is 1. The largest absolute Gasteiger partial charge is 0.481 e. The van der Waals surface area contributed by atoms with Gasteiger partial charge in [0.2, 0.25) is 0 Å². The Kier molecular flexibility index (Phi) is 3.12. The molecule has 0 aliphatic heterocycles. The number of rotatable bonds is 3. The Morgan fingerprint density at radius 3 is 2.65 bits per heavy atom. The van der Waals surface area contributed by atoms with Gasteiger partial charge >= 0.3 is 5.97 Å². The van der Waals surface area contributed by atoms with Crippen LogP contribution >= 0.6 is 11.3 Å². The Morgan fingerprint density at radius 1 is 1.17 bits per heavy atom. The van der Waals surface area contributed by atoms with Crippen LogP contribution in [0.4, 0.5) is 4.39 Å². The fourth-order valence-corrected chi connectivity index (χ4v) is 3.87. The van der Waals surface area contributed by atoms with Crippen molar-refractivity contribution >= 4 is 33.3 Å². The molecule has 0 radical (unpaired) electrons. The Bertz CT molecular complexity index is 1030. The summed E-state index contributed by atoms with van der Waals surface area (Å²) in [6, 6.07) is 13.8. The molecule has 0 unspecified atom stereocenters. The second-order valence-corrected chi connectivity index (χ2v) is 6.23. The molecule has 0 fully saturated rings. The minimum Gasteiger partial charge on any atom is -0.481 e. The molecule has 0 atom stereocenters. The van der Waals surface area contributed by atoms with Crippen LogP contribution in [0, 0.1) is 5.82 Å². The zero-order chi connectivity index (χ0) is 16.0. The fraction of sp³-hybridized carbons (Fsp3) is 0.0588. The van der Waals surface area contributed by atoms with Crippen molar-refractivity contribution in [3.63, 3.8) is 0 Å². The number of carboxylic acid groups (broad SMARTS) is 1. The van der Waals surface area contributed by atoms with Crippen LogP contribution in [0.2, 0.25) is 0 Å². The first-order chi connectivity index (χ1) is 11.1. The molecule has 0 spiro atoms. The number of nitrogens with zero attached hydrogens (tertiary/aromatic N) is 2. The maximum absolute atomic E-state index is 13.2. The molecule has 2 aromatic carbocycles. The van der Waals surface area contributed by atoms with Crippen LogP contribution in [0.3, 0.4) is 0 Å². The molecular weight excluding hydrogens is 315 g/mol. The molecule has 0 saturated heterocycles. The molecule has 2 heterocycles. The van der Waals surface area contributed by atoms with Gasteiger partial charge in [0, 0.05) is 4.88 Å². The molecule has 4 aromatic rings. The van der Waals surface area contributed by atoms with E-state index in [4.69, 9.17) is 0 Å². The zero-order valence-corrected chi connectivity index (χ0v) is 12.7. The van der Waals surface area contributed by atoms with Crippen LogP contribution in [-0.4, -0.2) is 20.5 Å². The van der Waals surface area contributed by atoms with Crippen LogP contribution < -0.4 is 0 Å². The van der Waals surface area contributed by atoms with Crippen LogP contribution in [0.5, 0.6) is 0 Å². The summed E-state index contributed by atoms with van der Waals surface area (Å²) < 4.78 is 15.2. The van der Waals surface area contributed by atoms with E-state index in [1.54, 1.807) is 12.1 Å². The van der Waals surface area contributed by atoms with Crippen LogP contribution in [-0.2, 0) is 11.2 Å². The lowest BCUT2D eigenvalue weighted by atomic mass is 10.1. The quantitative estimate of drug-likeness (QED) is 0.619. The van der Waals surface area contributed by atoms with Crippen LogP contribution in [0.25, 0.3) is 27.3 Å². The van der Waals surface area contributed by atoms with Gasteiger partial charge in [0.25, 0.3) is 0 Å². The summed E-state index contributed by atoms with van der Waals surface area (Å²) >= 11 is 1.35. The smallest absolute Gasteiger partial charge is 0.308 e. The van der Waals surface area contributed by atoms with E-state index in [1.165, 1.54) is 23.5 Å². The van der Waals surface area contributed by atoms with Crippen molar-refractivity contribution in [1.82, 2.24) is 9.38 Å². The Balaban J connectivity index is 2.07. The molecule has 0 saturated carbocycles. The number of hydrogen-bond acceptors (Lipinski definition) is 3. The average Bonchev–Trinajstić information content (AvgIpc) is 3.03. The van der Waals surface area contributed by atoms with Gasteiger partial charge in [-0.1, -0.05) is 12.1 Å². The summed E-state index contributed by atoms with van der Waals surface area (Å²) in [5.74, 6) is -1.22. The van der Waals surface area contributed by atoms with Gasteiger partial charge in [-0.25, -0.2) is 9.37 Å². The number of aromatic nitrogens is 2. The standard InChI is InChI=1S/C17H11FN2O2S/c18-11-7-5-10(6-8-11)16-14(9-15(21)22)23-17-19-12-3-1-2-4-13(12)20(16)17/h1-8H,9H2,(H,21,22). The lowest BCUT2D eigenvalue weighted by Gasteiger charge is -2.05. The third-order valence-electron chi connectivity index (χ3n) is 3.66. The number of imidazole rings is 1. The Morgan fingerprint density at radius 2 is 1.91 bits per heavy atom. The van der Waals surface area contributed by atoms with Gasteiger partial charge in [0.1, 0.15) is 5.82 Å². The monoisotopic (exact) mass is 326 g/mol. The second-order valence-electron chi connectivity index (χ2n) is 5.17. The minimum absolute atomic E-state index is 0.0882. The summed E-state index contributed by atoms with van der Waals surface area (Å²) in [6.45, 7) is 0. The van der Waals surface area contributed by atoms with Crippen molar-refractivity contribution in [2.75, 3.05) is 0 Å². The van der Waals surface area contributed by atoms with Gasteiger partial charge in [0.15, 0.2) is 4.96 Å². The van der Waals surface area contributed by atoms with Crippen molar-refractivity contribution in [3.05, 3.63) is 59.2 Å². The number of fused-ring (bicyclic) bond motifs is 3. The zero-order valence-electron chi connectivity index (χ0n) is 11.9. The first-order valence-corrected chi connectivity index (χ1v) is 7.82. The van der Waals surface area contributed by atoms with Crippen molar-refractivity contribution in [2.45, 2.75) is 6.42 Å². The fourth-order valence-electron chi connectivity index (χ4n) is 2.73. The van der Waals surface area contributed by atoms with E-state index in [2.05, 4.69) is 4.98 Å². The molecule has 0 aliphatic carbocycles. The number of carboxylic acids is 1. The van der Waals surface area contributed by atoms with Crippen molar-refractivity contribution in [2.24, 2.45) is 0 Å². The van der Waals surface area contributed by atoms with Crippen LogP contribution in [0.1, 0.15) is 4.88 Å². The summed E-state index contributed by atoms with van der Waals surface area (Å²) in [7, 11) is 0. The number of benzene rings is 2. The van der Waals surface area contributed by atoms with Crippen molar-refractivity contribution in [1.29, 1.82) is 0 Å². The molecule has 114 valence electrons.